The van der Waals surface area contributed by atoms with Gasteiger partial charge in [-0.2, -0.15) is 0 Å². The van der Waals surface area contributed by atoms with Crippen molar-refractivity contribution in [1.29, 1.82) is 0 Å². The maximum absolute atomic E-state index is 13.7. The van der Waals surface area contributed by atoms with Crippen molar-refractivity contribution in [3.05, 3.63) is 34.4 Å². The summed E-state index contributed by atoms with van der Waals surface area (Å²) in [5.41, 5.74) is 2.81. The summed E-state index contributed by atoms with van der Waals surface area (Å²) >= 11 is 5.51. The standard InChI is InChI=1S/C12H15ClF2N2/c13-9-6-10(14)8(5-11(9)15)12(17-16)4-7-2-1-3-7/h5-7,12,17H,1-4,16H2. The number of hydrogen-bond donors (Lipinski definition) is 2. The van der Waals surface area contributed by atoms with Crippen molar-refractivity contribution in [2.45, 2.75) is 31.7 Å². The predicted molar refractivity (Wildman–Crippen MR) is 63.4 cm³/mol. The molecular formula is C12H15ClF2N2. The molecule has 1 fully saturated rings. The first-order valence-corrected chi connectivity index (χ1v) is 6.10. The molecule has 1 saturated carbocycles. The minimum atomic E-state index is -0.614. The summed E-state index contributed by atoms with van der Waals surface area (Å²) in [6, 6.07) is 1.77. The van der Waals surface area contributed by atoms with E-state index in [2.05, 4.69) is 5.43 Å². The van der Waals surface area contributed by atoms with E-state index in [1.165, 1.54) is 6.42 Å². The second-order valence-electron chi connectivity index (χ2n) is 4.54. The van der Waals surface area contributed by atoms with Gasteiger partial charge < -0.3 is 0 Å². The molecule has 3 N–H and O–H groups in total. The van der Waals surface area contributed by atoms with Crippen molar-refractivity contribution in [3.8, 4) is 0 Å². The van der Waals surface area contributed by atoms with Crippen LogP contribution in [-0.4, -0.2) is 0 Å². The smallest absolute Gasteiger partial charge is 0.142 e. The largest absolute Gasteiger partial charge is 0.271 e. The second kappa shape index (κ2) is 5.29. The number of halogens is 3. The molecule has 0 amide bonds. The summed E-state index contributed by atoms with van der Waals surface area (Å²) < 4.78 is 27.0. The third-order valence-corrected chi connectivity index (χ3v) is 3.70. The van der Waals surface area contributed by atoms with Crippen molar-refractivity contribution in [1.82, 2.24) is 5.43 Å². The van der Waals surface area contributed by atoms with Gasteiger partial charge in [0.15, 0.2) is 0 Å². The Labute approximate surface area is 104 Å². The lowest BCUT2D eigenvalue weighted by Crippen LogP contribution is -2.31. The zero-order valence-corrected chi connectivity index (χ0v) is 10.1. The van der Waals surface area contributed by atoms with E-state index in [1.807, 2.05) is 0 Å². The molecule has 5 heteroatoms. The Bertz CT molecular complexity index is 408. The highest BCUT2D eigenvalue weighted by molar-refractivity contribution is 6.30. The van der Waals surface area contributed by atoms with E-state index in [-0.39, 0.29) is 16.6 Å². The molecule has 1 aromatic carbocycles. The van der Waals surface area contributed by atoms with Crippen molar-refractivity contribution in [3.63, 3.8) is 0 Å². The Hall–Kier alpha value is -0.710. The molecule has 0 spiro atoms. The predicted octanol–water partition coefficient (Wildman–Crippen LogP) is 3.31. The SMILES string of the molecule is NNC(CC1CCC1)c1cc(F)c(Cl)cc1F. The normalized spacial score (nSPS) is 17.9. The topological polar surface area (TPSA) is 38.0 Å². The highest BCUT2D eigenvalue weighted by Gasteiger charge is 2.25. The van der Waals surface area contributed by atoms with Gasteiger partial charge >= 0.3 is 0 Å². The molecular weight excluding hydrogens is 246 g/mol. The van der Waals surface area contributed by atoms with E-state index in [9.17, 15) is 8.78 Å². The lowest BCUT2D eigenvalue weighted by atomic mass is 9.79. The number of nitrogens with two attached hydrogens (primary N) is 1. The van der Waals surface area contributed by atoms with Gasteiger partial charge in [-0.25, -0.2) is 8.78 Å². The Morgan fingerprint density at radius 1 is 1.35 bits per heavy atom. The molecule has 17 heavy (non-hydrogen) atoms. The average Bonchev–Trinajstić information content (AvgIpc) is 2.23. The van der Waals surface area contributed by atoms with E-state index < -0.39 is 11.6 Å². The van der Waals surface area contributed by atoms with Crippen LogP contribution in [0.5, 0.6) is 0 Å². The van der Waals surface area contributed by atoms with Gasteiger partial charge in [-0.05, 0) is 24.5 Å². The van der Waals surface area contributed by atoms with Crippen molar-refractivity contribution in [2.24, 2.45) is 11.8 Å². The molecule has 0 aromatic heterocycles. The summed E-state index contributed by atoms with van der Waals surface area (Å²) in [4.78, 5) is 0. The molecule has 0 aliphatic heterocycles. The van der Waals surface area contributed by atoms with Crippen LogP contribution in [0.25, 0.3) is 0 Å². The molecule has 2 rings (SSSR count). The number of hydrazine groups is 1. The number of hydrogen-bond acceptors (Lipinski definition) is 2. The summed E-state index contributed by atoms with van der Waals surface area (Å²) in [6.45, 7) is 0. The molecule has 1 atom stereocenters. The highest BCUT2D eigenvalue weighted by atomic mass is 35.5. The van der Waals surface area contributed by atoms with E-state index in [4.69, 9.17) is 17.4 Å². The molecule has 1 unspecified atom stereocenters. The molecule has 1 aliphatic rings. The van der Waals surface area contributed by atoms with E-state index in [0.29, 0.717) is 5.92 Å². The molecule has 1 aromatic rings. The fourth-order valence-corrected chi connectivity index (χ4v) is 2.30. The quantitative estimate of drug-likeness (QED) is 0.495. The van der Waals surface area contributed by atoms with Gasteiger partial charge in [-0.3, -0.25) is 11.3 Å². The van der Waals surface area contributed by atoms with Crippen molar-refractivity contribution < 1.29 is 8.78 Å². The van der Waals surface area contributed by atoms with Crippen LogP contribution in [0.4, 0.5) is 8.78 Å². The van der Waals surface area contributed by atoms with Gasteiger partial charge in [-0.15, -0.1) is 0 Å². The first-order chi connectivity index (χ1) is 8.11. The molecule has 94 valence electrons. The number of nitrogens with one attached hydrogen (secondary N) is 1. The van der Waals surface area contributed by atoms with Crippen LogP contribution in [0.1, 0.15) is 37.3 Å². The molecule has 0 bridgehead atoms. The molecule has 1 aliphatic carbocycles. The summed E-state index contributed by atoms with van der Waals surface area (Å²) in [6.07, 6.45) is 4.21. The van der Waals surface area contributed by atoms with Crippen LogP contribution in [0.3, 0.4) is 0 Å². The van der Waals surface area contributed by atoms with Gasteiger partial charge in [-0.1, -0.05) is 30.9 Å². The minimum Gasteiger partial charge on any atom is -0.271 e. The van der Waals surface area contributed by atoms with Crippen LogP contribution >= 0.6 is 11.6 Å². The second-order valence-corrected chi connectivity index (χ2v) is 4.95. The third-order valence-electron chi connectivity index (χ3n) is 3.41. The molecule has 0 radical (unpaired) electrons. The monoisotopic (exact) mass is 260 g/mol. The summed E-state index contributed by atoms with van der Waals surface area (Å²) in [5, 5.41) is -0.203. The Kier molecular flexibility index (Phi) is 3.97. The Morgan fingerprint density at radius 3 is 2.59 bits per heavy atom. The fraction of sp³-hybridized carbons (Fsp3) is 0.500. The summed E-state index contributed by atoms with van der Waals surface area (Å²) in [7, 11) is 0. The Balaban J connectivity index is 2.19. The van der Waals surface area contributed by atoms with Crippen LogP contribution in [0.2, 0.25) is 5.02 Å². The fourth-order valence-electron chi connectivity index (χ4n) is 2.15. The lowest BCUT2D eigenvalue weighted by Gasteiger charge is -2.29. The first-order valence-electron chi connectivity index (χ1n) is 5.72. The average molecular weight is 261 g/mol. The van der Waals surface area contributed by atoms with Gasteiger partial charge in [0.1, 0.15) is 11.6 Å². The van der Waals surface area contributed by atoms with E-state index >= 15 is 0 Å². The van der Waals surface area contributed by atoms with Gasteiger partial charge in [0.05, 0.1) is 5.02 Å². The van der Waals surface area contributed by atoms with Crippen LogP contribution in [0.15, 0.2) is 12.1 Å². The van der Waals surface area contributed by atoms with Crippen molar-refractivity contribution in [2.75, 3.05) is 0 Å². The first kappa shape index (κ1) is 12.7. The van der Waals surface area contributed by atoms with Gasteiger partial charge in [0, 0.05) is 11.6 Å². The highest BCUT2D eigenvalue weighted by Crippen LogP contribution is 2.35. The lowest BCUT2D eigenvalue weighted by molar-refractivity contribution is 0.259. The third kappa shape index (κ3) is 2.76. The van der Waals surface area contributed by atoms with Crippen molar-refractivity contribution >= 4 is 11.6 Å². The number of benzene rings is 1. The zero-order chi connectivity index (χ0) is 12.4. The van der Waals surface area contributed by atoms with Crippen LogP contribution in [-0.2, 0) is 0 Å². The minimum absolute atomic E-state index is 0.203. The molecule has 2 nitrogen and oxygen atoms in total. The maximum Gasteiger partial charge on any atom is 0.142 e. The van der Waals surface area contributed by atoms with E-state index in [1.54, 1.807) is 0 Å². The van der Waals surface area contributed by atoms with Crippen LogP contribution in [0, 0.1) is 17.6 Å². The summed E-state index contributed by atoms with van der Waals surface area (Å²) in [5.74, 6) is 4.84. The van der Waals surface area contributed by atoms with Crippen LogP contribution < -0.4 is 11.3 Å². The number of rotatable bonds is 4. The molecule has 0 saturated heterocycles. The zero-order valence-electron chi connectivity index (χ0n) is 9.35. The Morgan fingerprint density at radius 2 is 2.06 bits per heavy atom. The van der Waals surface area contributed by atoms with Gasteiger partial charge in [0.25, 0.3) is 0 Å². The molecule has 0 heterocycles. The van der Waals surface area contributed by atoms with Gasteiger partial charge in [0.2, 0.25) is 0 Å². The van der Waals surface area contributed by atoms with E-state index in [0.717, 1.165) is 31.4 Å². The maximum atomic E-state index is 13.7.